The van der Waals surface area contributed by atoms with Crippen molar-refractivity contribution in [2.45, 2.75) is 17.6 Å². The van der Waals surface area contributed by atoms with Crippen molar-refractivity contribution in [3.8, 4) is 5.75 Å². The number of hydrogen-bond donors (Lipinski definition) is 2. The minimum Gasteiger partial charge on any atom is -0.497 e. The molecule has 1 aromatic heterocycles. The number of carbonyl (C=O) groups excluding carboxylic acids is 1. The van der Waals surface area contributed by atoms with Gasteiger partial charge >= 0.3 is 5.97 Å². The van der Waals surface area contributed by atoms with Crippen LogP contribution in [0.5, 0.6) is 5.75 Å². The first-order chi connectivity index (χ1) is 9.63. The molecule has 7 heteroatoms. The number of hydrogen-bond acceptors (Lipinski definition) is 6. The molecular formula is C13H17N3O3S. The fraction of sp³-hybridized carbons (Fsp3) is 0.385. The Bertz CT molecular complexity index is 600. The molecule has 6 nitrogen and oxygen atoms in total. The van der Waals surface area contributed by atoms with Crippen molar-refractivity contribution < 1.29 is 14.3 Å². The second-order valence-electron chi connectivity index (χ2n) is 4.19. The fourth-order valence-electron chi connectivity index (χ4n) is 1.71. The molecule has 0 amide bonds. The van der Waals surface area contributed by atoms with Gasteiger partial charge in [-0.05, 0) is 18.6 Å². The second kappa shape index (κ2) is 6.62. The first kappa shape index (κ1) is 14.7. The second-order valence-corrected chi connectivity index (χ2v) is 5.28. The molecular weight excluding hydrogens is 278 g/mol. The maximum absolute atomic E-state index is 11.2. The highest BCUT2D eigenvalue weighted by molar-refractivity contribution is 7.99. The first-order valence-corrected chi connectivity index (χ1v) is 7.12. The van der Waals surface area contributed by atoms with E-state index in [-0.39, 0.29) is 5.97 Å². The van der Waals surface area contributed by atoms with Gasteiger partial charge in [-0.1, -0.05) is 11.8 Å². The molecule has 0 saturated heterocycles. The van der Waals surface area contributed by atoms with Gasteiger partial charge in [0.1, 0.15) is 11.8 Å². The lowest BCUT2D eigenvalue weighted by Crippen LogP contribution is -2.31. The van der Waals surface area contributed by atoms with Gasteiger partial charge in [-0.3, -0.25) is 4.79 Å². The number of aromatic amines is 1. The predicted octanol–water partition coefficient (Wildman–Crippen LogP) is 1.55. The number of fused-ring (bicyclic) bond motifs is 1. The molecule has 0 spiro atoms. The third-order valence-electron chi connectivity index (χ3n) is 2.84. The Labute approximate surface area is 121 Å². The van der Waals surface area contributed by atoms with E-state index in [0.29, 0.717) is 12.2 Å². The van der Waals surface area contributed by atoms with Crippen LogP contribution in [0.4, 0.5) is 0 Å². The highest BCUT2D eigenvalue weighted by atomic mass is 32.2. The molecule has 1 heterocycles. The number of thioether (sulfide) groups is 1. The third kappa shape index (κ3) is 3.43. The number of nitrogens with one attached hydrogen (secondary N) is 1. The van der Waals surface area contributed by atoms with Crippen LogP contribution in [0.25, 0.3) is 11.0 Å². The van der Waals surface area contributed by atoms with Gasteiger partial charge in [-0.15, -0.1) is 0 Å². The highest BCUT2D eigenvalue weighted by Crippen LogP contribution is 2.23. The maximum atomic E-state index is 11.2. The van der Waals surface area contributed by atoms with Gasteiger partial charge in [0.15, 0.2) is 5.16 Å². The van der Waals surface area contributed by atoms with Crippen molar-refractivity contribution in [2.24, 2.45) is 5.73 Å². The van der Waals surface area contributed by atoms with Crippen LogP contribution in [-0.2, 0) is 9.53 Å². The van der Waals surface area contributed by atoms with Crippen LogP contribution < -0.4 is 10.5 Å². The van der Waals surface area contributed by atoms with Crippen LogP contribution in [-0.4, -0.2) is 42.0 Å². The molecule has 0 aliphatic rings. The van der Waals surface area contributed by atoms with Crippen LogP contribution in [0.2, 0.25) is 0 Å². The number of aromatic nitrogens is 2. The summed E-state index contributed by atoms with van der Waals surface area (Å²) < 4.78 is 9.74. The largest absolute Gasteiger partial charge is 0.497 e. The minimum atomic E-state index is -0.586. The number of H-pyrrole nitrogens is 1. The standard InChI is InChI=1S/C13H17N3O3S/c1-18-8-3-4-10-11(7-8)16-13(15-10)20-6-5-9(14)12(17)19-2/h3-4,7,9H,5-6,14H2,1-2H3,(H,15,16). The molecule has 2 aromatic rings. The normalized spacial score (nSPS) is 12.3. The SMILES string of the molecule is COC(=O)C(N)CCSc1nc2ccc(OC)cc2[nH]1. The topological polar surface area (TPSA) is 90.2 Å². The Morgan fingerprint density at radius 3 is 3.00 bits per heavy atom. The summed E-state index contributed by atoms with van der Waals surface area (Å²) in [4.78, 5) is 18.8. The number of carbonyl (C=O) groups is 1. The number of methoxy groups -OCH3 is 2. The van der Waals surface area contributed by atoms with Gasteiger partial charge in [0.2, 0.25) is 0 Å². The molecule has 3 N–H and O–H groups in total. The molecule has 20 heavy (non-hydrogen) atoms. The van der Waals surface area contributed by atoms with E-state index in [1.807, 2.05) is 18.2 Å². The monoisotopic (exact) mass is 295 g/mol. The van der Waals surface area contributed by atoms with Gasteiger partial charge < -0.3 is 20.2 Å². The molecule has 1 aromatic carbocycles. The van der Waals surface area contributed by atoms with E-state index in [1.54, 1.807) is 7.11 Å². The summed E-state index contributed by atoms with van der Waals surface area (Å²) in [6, 6.07) is 5.07. The lowest BCUT2D eigenvalue weighted by molar-refractivity contribution is -0.142. The zero-order chi connectivity index (χ0) is 14.5. The summed E-state index contributed by atoms with van der Waals surface area (Å²) in [6.45, 7) is 0. The average Bonchev–Trinajstić information content (AvgIpc) is 2.87. The van der Waals surface area contributed by atoms with Crippen LogP contribution in [0.1, 0.15) is 6.42 Å². The third-order valence-corrected chi connectivity index (χ3v) is 3.75. The lowest BCUT2D eigenvalue weighted by Gasteiger charge is -2.07. The van der Waals surface area contributed by atoms with Crippen LogP contribution >= 0.6 is 11.8 Å². The van der Waals surface area contributed by atoms with E-state index < -0.39 is 6.04 Å². The highest BCUT2D eigenvalue weighted by Gasteiger charge is 2.13. The van der Waals surface area contributed by atoms with Crippen molar-refractivity contribution in [3.05, 3.63) is 18.2 Å². The molecule has 0 aliphatic heterocycles. The van der Waals surface area contributed by atoms with Crippen molar-refractivity contribution in [1.82, 2.24) is 9.97 Å². The smallest absolute Gasteiger partial charge is 0.322 e. The Kier molecular flexibility index (Phi) is 4.86. The molecule has 2 rings (SSSR count). The summed E-state index contributed by atoms with van der Waals surface area (Å²) >= 11 is 1.52. The van der Waals surface area contributed by atoms with Gasteiger partial charge in [0.05, 0.1) is 25.3 Å². The quantitative estimate of drug-likeness (QED) is 0.621. The number of nitrogens with zero attached hydrogens (tertiary/aromatic N) is 1. The molecule has 1 unspecified atom stereocenters. The molecule has 108 valence electrons. The number of ether oxygens (including phenoxy) is 2. The minimum absolute atomic E-state index is 0.389. The summed E-state index contributed by atoms with van der Waals surface area (Å²) in [7, 11) is 2.96. The van der Waals surface area contributed by atoms with Crippen molar-refractivity contribution in [2.75, 3.05) is 20.0 Å². The number of rotatable bonds is 6. The zero-order valence-electron chi connectivity index (χ0n) is 11.4. The van der Waals surface area contributed by atoms with Crippen LogP contribution in [0, 0.1) is 0 Å². The lowest BCUT2D eigenvalue weighted by atomic mass is 10.2. The Hall–Kier alpha value is -1.73. The summed E-state index contributed by atoms with van der Waals surface area (Å²) in [5.74, 6) is 1.08. The van der Waals surface area contributed by atoms with Gasteiger partial charge in [0.25, 0.3) is 0 Å². The van der Waals surface area contributed by atoms with Crippen molar-refractivity contribution in [1.29, 1.82) is 0 Å². The van der Waals surface area contributed by atoms with E-state index in [9.17, 15) is 4.79 Å². The molecule has 0 aliphatic carbocycles. The summed E-state index contributed by atoms with van der Waals surface area (Å²) in [5.41, 5.74) is 7.47. The number of esters is 1. The predicted molar refractivity (Wildman–Crippen MR) is 78.0 cm³/mol. The van der Waals surface area contributed by atoms with Gasteiger partial charge in [-0.2, -0.15) is 0 Å². The van der Waals surface area contributed by atoms with E-state index >= 15 is 0 Å². The summed E-state index contributed by atoms with van der Waals surface area (Å²) in [6.07, 6.45) is 0.539. The average molecular weight is 295 g/mol. The van der Waals surface area contributed by atoms with E-state index in [1.165, 1.54) is 18.9 Å². The Morgan fingerprint density at radius 2 is 2.30 bits per heavy atom. The molecule has 0 saturated carbocycles. The molecule has 0 bridgehead atoms. The van der Waals surface area contributed by atoms with E-state index in [0.717, 1.165) is 21.9 Å². The molecule has 1 atom stereocenters. The Morgan fingerprint density at radius 1 is 1.50 bits per heavy atom. The summed E-state index contributed by atoms with van der Waals surface area (Å²) in [5, 5.41) is 0.797. The van der Waals surface area contributed by atoms with Gasteiger partial charge in [0, 0.05) is 11.8 Å². The maximum Gasteiger partial charge on any atom is 0.322 e. The molecule has 0 radical (unpaired) electrons. The van der Waals surface area contributed by atoms with Crippen LogP contribution in [0.3, 0.4) is 0 Å². The first-order valence-electron chi connectivity index (χ1n) is 6.14. The van der Waals surface area contributed by atoms with E-state index in [2.05, 4.69) is 14.7 Å². The fourth-order valence-corrected chi connectivity index (χ4v) is 2.62. The number of benzene rings is 1. The number of nitrogens with two attached hydrogens (primary N) is 1. The van der Waals surface area contributed by atoms with E-state index in [4.69, 9.17) is 10.5 Å². The van der Waals surface area contributed by atoms with Crippen LogP contribution in [0.15, 0.2) is 23.4 Å². The van der Waals surface area contributed by atoms with Gasteiger partial charge in [-0.25, -0.2) is 4.98 Å². The Balaban J connectivity index is 1.95. The van der Waals surface area contributed by atoms with Crippen molar-refractivity contribution in [3.63, 3.8) is 0 Å². The zero-order valence-corrected chi connectivity index (χ0v) is 12.2. The molecule has 0 fully saturated rings. The number of imidazole rings is 1. The van der Waals surface area contributed by atoms with Crippen molar-refractivity contribution >= 4 is 28.8 Å².